The predicted octanol–water partition coefficient (Wildman–Crippen LogP) is 3.99. The zero-order valence-electron chi connectivity index (χ0n) is 16.9. The molecule has 1 amide bonds. The van der Waals surface area contributed by atoms with Crippen molar-refractivity contribution < 1.29 is 13.2 Å². The molecule has 0 aromatic heterocycles. The maximum absolute atomic E-state index is 13.2. The van der Waals surface area contributed by atoms with Crippen molar-refractivity contribution in [3.63, 3.8) is 0 Å². The Kier molecular flexibility index (Phi) is 7.57. The van der Waals surface area contributed by atoms with Crippen LogP contribution in [0.1, 0.15) is 16.7 Å². The van der Waals surface area contributed by atoms with Gasteiger partial charge in [0.15, 0.2) is 0 Å². The van der Waals surface area contributed by atoms with Gasteiger partial charge in [0.2, 0.25) is 10.0 Å². The van der Waals surface area contributed by atoms with E-state index in [2.05, 4.69) is 10.5 Å². The summed E-state index contributed by atoms with van der Waals surface area (Å²) in [6, 6.07) is 22.6. The molecule has 0 bridgehead atoms. The van der Waals surface area contributed by atoms with Gasteiger partial charge in [-0.05, 0) is 42.3 Å². The Labute approximate surface area is 187 Å². The van der Waals surface area contributed by atoms with Crippen LogP contribution in [0.25, 0.3) is 0 Å². The van der Waals surface area contributed by atoms with Crippen molar-refractivity contribution in [3.05, 3.63) is 101 Å². The van der Waals surface area contributed by atoms with E-state index in [1.807, 2.05) is 37.3 Å². The molecule has 3 rings (SSSR count). The molecule has 3 aromatic rings. The van der Waals surface area contributed by atoms with Crippen LogP contribution in [0.4, 0.5) is 0 Å². The average molecular weight is 456 g/mol. The standard InChI is InChI=1S/C23H22ClN3O3S/c1-18-7-13-22(14-8-18)31(29,30)27(16-20-5-3-2-4-6-20)17-23(28)26-25-15-19-9-11-21(24)12-10-19/h2-15H,16-17H2,1H3,(H,26,28)/b25-15-. The first kappa shape index (κ1) is 22.7. The van der Waals surface area contributed by atoms with Crippen LogP contribution in [-0.4, -0.2) is 31.4 Å². The number of nitrogens with zero attached hydrogens (tertiary/aromatic N) is 2. The highest BCUT2D eigenvalue weighted by Crippen LogP contribution is 2.19. The normalized spacial score (nSPS) is 11.7. The van der Waals surface area contributed by atoms with Gasteiger partial charge in [-0.1, -0.05) is 71.8 Å². The van der Waals surface area contributed by atoms with Crippen LogP contribution in [0, 0.1) is 6.92 Å². The van der Waals surface area contributed by atoms with E-state index in [9.17, 15) is 13.2 Å². The Balaban J connectivity index is 1.76. The van der Waals surface area contributed by atoms with Crippen LogP contribution >= 0.6 is 11.6 Å². The Morgan fingerprint density at radius 3 is 2.29 bits per heavy atom. The van der Waals surface area contributed by atoms with Gasteiger partial charge in [0.1, 0.15) is 0 Å². The first-order valence-corrected chi connectivity index (χ1v) is 11.3. The number of sulfonamides is 1. The highest BCUT2D eigenvalue weighted by atomic mass is 35.5. The summed E-state index contributed by atoms with van der Waals surface area (Å²) >= 11 is 5.85. The fourth-order valence-corrected chi connectivity index (χ4v) is 4.31. The number of carbonyl (C=O) groups excluding carboxylic acids is 1. The highest BCUT2D eigenvalue weighted by Gasteiger charge is 2.26. The van der Waals surface area contributed by atoms with Gasteiger partial charge < -0.3 is 0 Å². The fourth-order valence-electron chi connectivity index (χ4n) is 2.80. The van der Waals surface area contributed by atoms with Crippen molar-refractivity contribution >= 4 is 33.7 Å². The lowest BCUT2D eigenvalue weighted by Gasteiger charge is -2.21. The van der Waals surface area contributed by atoms with Crippen LogP contribution in [0.3, 0.4) is 0 Å². The van der Waals surface area contributed by atoms with E-state index in [0.29, 0.717) is 5.02 Å². The van der Waals surface area contributed by atoms with Crippen LogP contribution in [-0.2, 0) is 21.4 Å². The molecule has 31 heavy (non-hydrogen) atoms. The summed E-state index contributed by atoms with van der Waals surface area (Å²) in [5.41, 5.74) is 4.86. The Hall–Kier alpha value is -3.00. The van der Waals surface area contributed by atoms with E-state index in [-0.39, 0.29) is 18.0 Å². The molecular formula is C23H22ClN3O3S. The van der Waals surface area contributed by atoms with Gasteiger partial charge in [0, 0.05) is 11.6 Å². The number of nitrogens with one attached hydrogen (secondary N) is 1. The number of halogens is 1. The number of carbonyl (C=O) groups is 1. The quantitative estimate of drug-likeness (QED) is 0.412. The molecule has 0 atom stereocenters. The molecule has 160 valence electrons. The number of amides is 1. The Morgan fingerprint density at radius 2 is 1.65 bits per heavy atom. The summed E-state index contributed by atoms with van der Waals surface area (Å²) in [7, 11) is -3.89. The molecule has 0 unspecified atom stereocenters. The third-order valence-electron chi connectivity index (χ3n) is 4.45. The zero-order chi connectivity index (χ0) is 22.3. The summed E-state index contributed by atoms with van der Waals surface area (Å²) < 4.78 is 27.6. The smallest absolute Gasteiger partial charge is 0.255 e. The second kappa shape index (κ2) is 10.3. The van der Waals surface area contributed by atoms with Crippen LogP contribution < -0.4 is 5.43 Å². The molecule has 0 aliphatic heterocycles. The summed E-state index contributed by atoms with van der Waals surface area (Å²) in [6.07, 6.45) is 1.46. The van der Waals surface area contributed by atoms with E-state index < -0.39 is 15.9 Å². The van der Waals surface area contributed by atoms with Gasteiger partial charge in [-0.25, -0.2) is 13.8 Å². The van der Waals surface area contributed by atoms with Crippen molar-refractivity contribution in [1.82, 2.24) is 9.73 Å². The van der Waals surface area contributed by atoms with Crippen molar-refractivity contribution in [2.75, 3.05) is 6.54 Å². The number of hydrogen-bond donors (Lipinski definition) is 1. The minimum Gasteiger partial charge on any atom is -0.272 e. The van der Waals surface area contributed by atoms with Crippen LogP contribution in [0.5, 0.6) is 0 Å². The van der Waals surface area contributed by atoms with Crippen LogP contribution in [0.15, 0.2) is 88.9 Å². The summed E-state index contributed by atoms with van der Waals surface area (Å²) in [4.78, 5) is 12.6. The maximum atomic E-state index is 13.2. The van der Waals surface area contributed by atoms with Crippen molar-refractivity contribution in [3.8, 4) is 0 Å². The average Bonchev–Trinajstić information content (AvgIpc) is 2.76. The first-order valence-electron chi connectivity index (χ1n) is 9.53. The second-order valence-electron chi connectivity index (χ2n) is 6.92. The number of hydrazone groups is 1. The monoisotopic (exact) mass is 455 g/mol. The SMILES string of the molecule is Cc1ccc(S(=O)(=O)N(CC(=O)N/N=C\c2ccc(Cl)cc2)Cc2ccccc2)cc1. The molecule has 0 radical (unpaired) electrons. The minimum atomic E-state index is -3.89. The molecule has 0 heterocycles. The zero-order valence-corrected chi connectivity index (χ0v) is 18.5. The van der Waals surface area contributed by atoms with Gasteiger partial charge in [-0.3, -0.25) is 4.79 Å². The Morgan fingerprint density at radius 1 is 1.00 bits per heavy atom. The van der Waals surface area contributed by atoms with Gasteiger partial charge >= 0.3 is 0 Å². The van der Waals surface area contributed by atoms with Gasteiger partial charge in [0.25, 0.3) is 5.91 Å². The topological polar surface area (TPSA) is 78.8 Å². The molecular weight excluding hydrogens is 434 g/mol. The molecule has 8 heteroatoms. The molecule has 0 saturated carbocycles. The van der Waals surface area contributed by atoms with E-state index in [1.54, 1.807) is 48.5 Å². The molecule has 0 fully saturated rings. The number of aryl methyl sites for hydroxylation is 1. The summed E-state index contributed by atoms with van der Waals surface area (Å²) in [5.74, 6) is -0.545. The van der Waals surface area contributed by atoms with Gasteiger partial charge in [-0.15, -0.1) is 0 Å². The molecule has 0 spiro atoms. The number of rotatable bonds is 8. The lowest BCUT2D eigenvalue weighted by molar-refractivity contribution is -0.121. The van der Waals surface area contributed by atoms with E-state index in [0.717, 1.165) is 21.0 Å². The van der Waals surface area contributed by atoms with Crippen molar-refractivity contribution in [2.45, 2.75) is 18.4 Å². The molecule has 0 aliphatic rings. The third-order valence-corrected chi connectivity index (χ3v) is 6.51. The number of hydrogen-bond acceptors (Lipinski definition) is 4. The molecule has 0 aliphatic carbocycles. The molecule has 3 aromatic carbocycles. The van der Waals surface area contributed by atoms with Crippen LogP contribution in [0.2, 0.25) is 5.02 Å². The number of benzene rings is 3. The maximum Gasteiger partial charge on any atom is 0.255 e. The highest BCUT2D eigenvalue weighted by molar-refractivity contribution is 7.89. The molecule has 6 nitrogen and oxygen atoms in total. The fraction of sp³-hybridized carbons (Fsp3) is 0.130. The first-order chi connectivity index (χ1) is 14.8. The summed E-state index contributed by atoms with van der Waals surface area (Å²) in [5, 5.41) is 4.50. The van der Waals surface area contributed by atoms with Crippen molar-refractivity contribution in [2.24, 2.45) is 5.10 Å². The molecule has 0 saturated heterocycles. The minimum absolute atomic E-state index is 0.0609. The van der Waals surface area contributed by atoms with Gasteiger partial charge in [-0.2, -0.15) is 9.41 Å². The predicted molar refractivity (Wildman–Crippen MR) is 122 cm³/mol. The van der Waals surface area contributed by atoms with E-state index in [4.69, 9.17) is 11.6 Å². The lowest BCUT2D eigenvalue weighted by Crippen LogP contribution is -2.39. The third kappa shape index (κ3) is 6.49. The van der Waals surface area contributed by atoms with Crippen molar-refractivity contribution in [1.29, 1.82) is 0 Å². The lowest BCUT2D eigenvalue weighted by atomic mass is 10.2. The molecule has 1 N–H and O–H groups in total. The largest absolute Gasteiger partial charge is 0.272 e. The Bertz CT molecular complexity index is 1150. The summed E-state index contributed by atoms with van der Waals surface area (Å²) in [6.45, 7) is 1.57. The van der Waals surface area contributed by atoms with E-state index in [1.165, 1.54) is 6.21 Å². The van der Waals surface area contributed by atoms with E-state index >= 15 is 0 Å². The van der Waals surface area contributed by atoms with Gasteiger partial charge in [0.05, 0.1) is 17.7 Å². The second-order valence-corrected chi connectivity index (χ2v) is 9.29.